The Labute approximate surface area is 161 Å². The lowest BCUT2D eigenvalue weighted by atomic mass is 9.87. The van der Waals surface area contributed by atoms with Crippen molar-refractivity contribution in [1.82, 2.24) is 10.2 Å². The van der Waals surface area contributed by atoms with Crippen LogP contribution in [0.5, 0.6) is 5.75 Å². The van der Waals surface area contributed by atoms with Gasteiger partial charge in [0.05, 0.1) is 5.56 Å². The van der Waals surface area contributed by atoms with E-state index in [1.807, 2.05) is 24.3 Å². The summed E-state index contributed by atoms with van der Waals surface area (Å²) in [4.78, 5) is 12.1. The van der Waals surface area contributed by atoms with E-state index in [0.717, 1.165) is 5.75 Å². The molecule has 2 aromatic carbocycles. The largest absolute Gasteiger partial charge is 0.486 e. The Balaban J connectivity index is 1.58. The highest BCUT2D eigenvalue weighted by molar-refractivity contribution is 7.15. The molecule has 0 bridgehead atoms. The van der Waals surface area contributed by atoms with Crippen LogP contribution in [0.2, 0.25) is 0 Å². The Morgan fingerprint density at radius 1 is 1.11 bits per heavy atom. The molecule has 3 rings (SSSR count). The van der Waals surface area contributed by atoms with Crippen LogP contribution in [0.4, 0.5) is 9.52 Å². The summed E-state index contributed by atoms with van der Waals surface area (Å²) in [5, 5.41) is 11.4. The number of anilines is 1. The lowest BCUT2D eigenvalue weighted by Gasteiger charge is -2.19. The van der Waals surface area contributed by atoms with Crippen LogP contribution < -0.4 is 10.1 Å². The number of hydrogen-bond donors (Lipinski definition) is 1. The number of carbonyl (C=O) groups is 1. The second kappa shape index (κ2) is 7.84. The number of hydrogen-bond acceptors (Lipinski definition) is 5. The van der Waals surface area contributed by atoms with Crippen LogP contribution in [0.15, 0.2) is 48.5 Å². The molecule has 1 amide bonds. The molecule has 0 aliphatic rings. The standard InChI is InChI=1S/C20H20FN3O2S/c1-20(2,3)13-8-10-14(11-9-13)26-12-17-23-24-19(27-17)22-18(25)15-6-4-5-7-16(15)21/h4-11H,12H2,1-3H3,(H,22,24,25). The molecule has 0 atom stereocenters. The first-order chi connectivity index (χ1) is 12.8. The molecule has 27 heavy (non-hydrogen) atoms. The minimum atomic E-state index is -0.582. The zero-order valence-corrected chi connectivity index (χ0v) is 16.1. The monoisotopic (exact) mass is 385 g/mol. The van der Waals surface area contributed by atoms with E-state index in [4.69, 9.17) is 4.74 Å². The Bertz CT molecular complexity index is 933. The van der Waals surface area contributed by atoms with Gasteiger partial charge in [-0.1, -0.05) is 56.4 Å². The molecule has 0 fully saturated rings. The molecule has 0 aliphatic carbocycles. The first kappa shape index (κ1) is 19.0. The van der Waals surface area contributed by atoms with Gasteiger partial charge in [0.1, 0.15) is 18.2 Å². The van der Waals surface area contributed by atoms with E-state index in [2.05, 4.69) is 36.3 Å². The number of nitrogens with one attached hydrogen (secondary N) is 1. The summed E-state index contributed by atoms with van der Waals surface area (Å²) >= 11 is 1.19. The number of carbonyl (C=O) groups excluding carboxylic acids is 1. The van der Waals surface area contributed by atoms with Crippen molar-refractivity contribution in [3.05, 3.63) is 70.5 Å². The highest BCUT2D eigenvalue weighted by Crippen LogP contribution is 2.25. The Morgan fingerprint density at radius 3 is 2.48 bits per heavy atom. The van der Waals surface area contributed by atoms with Crippen molar-refractivity contribution in [1.29, 1.82) is 0 Å². The maximum Gasteiger partial charge on any atom is 0.260 e. The average molecular weight is 385 g/mol. The van der Waals surface area contributed by atoms with E-state index < -0.39 is 11.7 Å². The van der Waals surface area contributed by atoms with Crippen LogP contribution in [-0.4, -0.2) is 16.1 Å². The normalized spacial score (nSPS) is 11.3. The Kier molecular flexibility index (Phi) is 5.51. The Hall–Kier alpha value is -2.80. The van der Waals surface area contributed by atoms with Crippen LogP contribution in [0.25, 0.3) is 0 Å². The first-order valence-corrected chi connectivity index (χ1v) is 9.26. The minimum absolute atomic E-state index is 0.0376. The van der Waals surface area contributed by atoms with Gasteiger partial charge in [0, 0.05) is 0 Å². The zero-order chi connectivity index (χ0) is 19.4. The molecule has 0 aliphatic heterocycles. The molecule has 1 heterocycles. The van der Waals surface area contributed by atoms with Crippen molar-refractivity contribution >= 4 is 22.4 Å². The van der Waals surface area contributed by atoms with Gasteiger partial charge >= 0.3 is 0 Å². The summed E-state index contributed by atoms with van der Waals surface area (Å²) in [6.07, 6.45) is 0. The second-order valence-electron chi connectivity index (χ2n) is 7.00. The molecule has 5 nitrogen and oxygen atoms in total. The smallest absolute Gasteiger partial charge is 0.260 e. The van der Waals surface area contributed by atoms with Gasteiger partial charge in [0.15, 0.2) is 5.01 Å². The summed E-state index contributed by atoms with van der Waals surface area (Å²) in [6, 6.07) is 13.7. The van der Waals surface area contributed by atoms with Gasteiger partial charge in [-0.05, 0) is 35.2 Å². The first-order valence-electron chi connectivity index (χ1n) is 8.44. The summed E-state index contributed by atoms with van der Waals surface area (Å²) in [5.41, 5.74) is 1.27. The van der Waals surface area contributed by atoms with E-state index in [0.29, 0.717) is 10.1 Å². The van der Waals surface area contributed by atoms with E-state index in [1.165, 1.54) is 35.1 Å². The predicted octanol–water partition coefficient (Wildman–Crippen LogP) is 4.81. The van der Waals surface area contributed by atoms with Crippen molar-refractivity contribution in [3.8, 4) is 5.75 Å². The van der Waals surface area contributed by atoms with Crippen molar-refractivity contribution in [2.75, 3.05) is 5.32 Å². The molecule has 140 valence electrons. The van der Waals surface area contributed by atoms with E-state index in [9.17, 15) is 9.18 Å². The molecule has 0 radical (unpaired) electrons. The number of nitrogens with zero attached hydrogens (tertiary/aromatic N) is 2. The summed E-state index contributed by atoms with van der Waals surface area (Å²) in [7, 11) is 0. The highest BCUT2D eigenvalue weighted by atomic mass is 32.1. The third-order valence-electron chi connectivity index (χ3n) is 3.89. The van der Waals surface area contributed by atoms with Crippen LogP contribution in [0, 0.1) is 5.82 Å². The number of amides is 1. The maximum absolute atomic E-state index is 13.6. The molecule has 1 N–H and O–H groups in total. The SMILES string of the molecule is CC(C)(C)c1ccc(OCc2nnc(NC(=O)c3ccccc3F)s2)cc1. The minimum Gasteiger partial charge on any atom is -0.486 e. The zero-order valence-electron chi connectivity index (χ0n) is 15.3. The van der Waals surface area contributed by atoms with Crippen LogP contribution in [0.3, 0.4) is 0 Å². The number of aromatic nitrogens is 2. The summed E-state index contributed by atoms with van der Waals surface area (Å²) in [6.45, 7) is 6.70. The third kappa shape index (κ3) is 4.89. The van der Waals surface area contributed by atoms with Crippen LogP contribution in [0.1, 0.15) is 41.7 Å². The molecular formula is C20H20FN3O2S. The van der Waals surface area contributed by atoms with E-state index >= 15 is 0 Å². The van der Waals surface area contributed by atoms with Crippen molar-refractivity contribution < 1.29 is 13.9 Å². The molecule has 1 aromatic heterocycles. The van der Waals surface area contributed by atoms with Gasteiger partial charge in [-0.25, -0.2) is 4.39 Å². The van der Waals surface area contributed by atoms with Gasteiger partial charge in [-0.2, -0.15) is 0 Å². The van der Waals surface area contributed by atoms with Crippen molar-refractivity contribution in [2.45, 2.75) is 32.8 Å². The quantitative estimate of drug-likeness (QED) is 0.685. The van der Waals surface area contributed by atoms with Crippen molar-refractivity contribution in [3.63, 3.8) is 0 Å². The van der Waals surface area contributed by atoms with Gasteiger partial charge in [0.25, 0.3) is 5.91 Å². The van der Waals surface area contributed by atoms with Crippen LogP contribution >= 0.6 is 11.3 Å². The number of benzene rings is 2. The third-order valence-corrected chi connectivity index (χ3v) is 4.70. The van der Waals surface area contributed by atoms with E-state index in [-0.39, 0.29) is 17.6 Å². The molecule has 3 aromatic rings. The molecule has 0 unspecified atom stereocenters. The fourth-order valence-electron chi connectivity index (χ4n) is 2.37. The maximum atomic E-state index is 13.6. The summed E-state index contributed by atoms with van der Waals surface area (Å²) < 4.78 is 19.4. The number of halogens is 1. The van der Waals surface area contributed by atoms with E-state index in [1.54, 1.807) is 6.07 Å². The fraction of sp³-hybridized carbons (Fsp3) is 0.250. The lowest BCUT2D eigenvalue weighted by Crippen LogP contribution is -2.13. The Morgan fingerprint density at radius 2 is 1.81 bits per heavy atom. The molecule has 0 saturated heterocycles. The van der Waals surface area contributed by atoms with Gasteiger partial charge in [-0.15, -0.1) is 10.2 Å². The number of ether oxygens (including phenoxy) is 1. The van der Waals surface area contributed by atoms with Gasteiger partial charge in [-0.3, -0.25) is 10.1 Å². The van der Waals surface area contributed by atoms with Crippen molar-refractivity contribution in [2.24, 2.45) is 0 Å². The molecule has 0 spiro atoms. The highest BCUT2D eigenvalue weighted by Gasteiger charge is 2.15. The van der Waals surface area contributed by atoms with Gasteiger partial charge < -0.3 is 4.74 Å². The lowest BCUT2D eigenvalue weighted by molar-refractivity contribution is 0.102. The van der Waals surface area contributed by atoms with Crippen LogP contribution in [-0.2, 0) is 12.0 Å². The fourth-order valence-corrected chi connectivity index (χ4v) is 3.02. The molecule has 7 heteroatoms. The predicted molar refractivity (Wildman–Crippen MR) is 104 cm³/mol. The molecule has 0 saturated carbocycles. The summed E-state index contributed by atoms with van der Waals surface area (Å²) in [5.74, 6) is -0.411. The average Bonchev–Trinajstić information content (AvgIpc) is 3.07. The number of rotatable bonds is 5. The topological polar surface area (TPSA) is 64.1 Å². The van der Waals surface area contributed by atoms with Gasteiger partial charge in [0.2, 0.25) is 5.13 Å². The molecular weight excluding hydrogens is 365 g/mol. The second-order valence-corrected chi connectivity index (χ2v) is 8.06.